The van der Waals surface area contributed by atoms with E-state index in [0.717, 1.165) is 19.3 Å². The summed E-state index contributed by atoms with van der Waals surface area (Å²) in [5.41, 5.74) is 5.02. The van der Waals surface area contributed by atoms with E-state index >= 15 is 0 Å². The Kier molecular flexibility index (Phi) is 4.11. The molecule has 0 aromatic rings. The summed E-state index contributed by atoms with van der Waals surface area (Å²) in [5.74, 6) is -0.0101. The zero-order valence-electron chi connectivity index (χ0n) is 9.62. The molecule has 0 aliphatic heterocycles. The van der Waals surface area contributed by atoms with Crippen LogP contribution in [0.1, 0.15) is 39.5 Å². The molecule has 4 heteroatoms. The maximum absolute atomic E-state index is 11.8. The Labute approximate surface area is 91.2 Å². The van der Waals surface area contributed by atoms with Gasteiger partial charge in [-0.05, 0) is 39.5 Å². The molecule has 0 aromatic heterocycles. The predicted octanol–water partition coefficient (Wildman–Crippen LogP) is 0.391. The van der Waals surface area contributed by atoms with Gasteiger partial charge in [0.25, 0.3) is 0 Å². The average molecular weight is 214 g/mol. The summed E-state index contributed by atoms with van der Waals surface area (Å²) in [6.45, 7) is 4.01. The van der Waals surface area contributed by atoms with Gasteiger partial charge in [-0.15, -0.1) is 0 Å². The largest absolute Gasteiger partial charge is 0.393 e. The van der Waals surface area contributed by atoms with E-state index in [0.29, 0.717) is 13.0 Å². The molecule has 1 rings (SSSR count). The Balaban J connectivity index is 2.44. The van der Waals surface area contributed by atoms with Gasteiger partial charge in [0.05, 0.1) is 11.5 Å². The van der Waals surface area contributed by atoms with Gasteiger partial charge >= 0.3 is 0 Å². The first kappa shape index (κ1) is 12.5. The molecule has 4 nitrogen and oxygen atoms in total. The number of aliphatic hydroxyl groups is 1. The van der Waals surface area contributed by atoms with E-state index in [-0.39, 0.29) is 18.1 Å². The molecular weight excluding hydrogens is 192 g/mol. The van der Waals surface area contributed by atoms with Crippen molar-refractivity contribution >= 4 is 5.91 Å². The minimum Gasteiger partial charge on any atom is -0.393 e. The Morgan fingerprint density at radius 2 is 2.20 bits per heavy atom. The van der Waals surface area contributed by atoms with Crippen molar-refractivity contribution in [2.24, 2.45) is 11.1 Å². The second-order valence-electron chi connectivity index (χ2n) is 5.08. The SMILES string of the molecule is CC(C)(CN)C(=O)NC1CCCC(O)C1. The van der Waals surface area contributed by atoms with Crippen LogP contribution < -0.4 is 11.1 Å². The van der Waals surface area contributed by atoms with E-state index in [4.69, 9.17) is 5.73 Å². The molecule has 0 spiro atoms. The molecule has 0 bridgehead atoms. The lowest BCUT2D eigenvalue weighted by Crippen LogP contribution is -2.48. The third kappa shape index (κ3) is 3.47. The molecule has 0 radical (unpaired) electrons. The van der Waals surface area contributed by atoms with Crippen LogP contribution in [0.4, 0.5) is 0 Å². The van der Waals surface area contributed by atoms with Gasteiger partial charge in [-0.3, -0.25) is 4.79 Å². The fourth-order valence-corrected chi connectivity index (χ4v) is 1.77. The highest BCUT2D eigenvalue weighted by molar-refractivity contribution is 5.82. The van der Waals surface area contributed by atoms with Crippen molar-refractivity contribution < 1.29 is 9.90 Å². The van der Waals surface area contributed by atoms with Gasteiger partial charge in [0.2, 0.25) is 5.91 Å². The number of hydrogen-bond donors (Lipinski definition) is 3. The number of amides is 1. The molecule has 1 amide bonds. The van der Waals surface area contributed by atoms with Crippen molar-refractivity contribution in [3.05, 3.63) is 0 Å². The summed E-state index contributed by atoms with van der Waals surface area (Å²) in [6.07, 6.45) is 3.21. The average Bonchev–Trinajstić information content (AvgIpc) is 2.17. The Morgan fingerprint density at radius 3 is 2.73 bits per heavy atom. The fourth-order valence-electron chi connectivity index (χ4n) is 1.77. The molecule has 1 saturated carbocycles. The molecule has 0 saturated heterocycles. The molecule has 2 atom stereocenters. The maximum Gasteiger partial charge on any atom is 0.227 e. The zero-order chi connectivity index (χ0) is 11.5. The fraction of sp³-hybridized carbons (Fsp3) is 0.909. The molecule has 4 N–H and O–H groups in total. The lowest BCUT2D eigenvalue weighted by molar-refractivity contribution is -0.130. The van der Waals surface area contributed by atoms with Crippen LogP contribution in [0.15, 0.2) is 0 Å². The Hall–Kier alpha value is -0.610. The van der Waals surface area contributed by atoms with Gasteiger partial charge in [-0.25, -0.2) is 0 Å². The van der Waals surface area contributed by atoms with E-state index in [1.165, 1.54) is 0 Å². The van der Waals surface area contributed by atoms with E-state index in [1.807, 2.05) is 13.8 Å². The molecule has 1 aliphatic carbocycles. The predicted molar refractivity (Wildman–Crippen MR) is 59.2 cm³/mol. The molecule has 1 aliphatic rings. The topological polar surface area (TPSA) is 75.4 Å². The number of hydrogen-bond acceptors (Lipinski definition) is 3. The van der Waals surface area contributed by atoms with Gasteiger partial charge < -0.3 is 16.2 Å². The first-order chi connectivity index (χ1) is 6.95. The van der Waals surface area contributed by atoms with Crippen LogP contribution >= 0.6 is 0 Å². The quantitative estimate of drug-likeness (QED) is 0.636. The highest BCUT2D eigenvalue weighted by Crippen LogP contribution is 2.20. The number of rotatable bonds is 3. The number of nitrogens with one attached hydrogen (secondary N) is 1. The Morgan fingerprint density at radius 1 is 1.53 bits per heavy atom. The molecular formula is C11H22N2O2. The number of aliphatic hydroxyl groups excluding tert-OH is 1. The van der Waals surface area contributed by atoms with Crippen LogP contribution in [-0.2, 0) is 4.79 Å². The minimum absolute atomic E-state index is 0.0101. The van der Waals surface area contributed by atoms with Crippen LogP contribution in [-0.4, -0.2) is 29.7 Å². The van der Waals surface area contributed by atoms with Crippen LogP contribution in [0.3, 0.4) is 0 Å². The van der Waals surface area contributed by atoms with Crippen LogP contribution in [0, 0.1) is 5.41 Å². The highest BCUT2D eigenvalue weighted by atomic mass is 16.3. The molecule has 88 valence electrons. The van der Waals surface area contributed by atoms with Crippen molar-refractivity contribution in [3.63, 3.8) is 0 Å². The van der Waals surface area contributed by atoms with Gasteiger partial charge in [-0.1, -0.05) is 0 Å². The van der Waals surface area contributed by atoms with Gasteiger partial charge in [0.15, 0.2) is 0 Å². The second-order valence-corrected chi connectivity index (χ2v) is 5.08. The standard InChI is InChI=1S/C11H22N2O2/c1-11(2,7-12)10(15)13-8-4-3-5-9(14)6-8/h8-9,14H,3-7,12H2,1-2H3,(H,13,15). The Bertz CT molecular complexity index is 229. The van der Waals surface area contributed by atoms with Gasteiger partial charge in [0, 0.05) is 12.6 Å². The molecule has 0 aromatic carbocycles. The van der Waals surface area contributed by atoms with Crippen molar-refractivity contribution in [1.82, 2.24) is 5.32 Å². The molecule has 1 fully saturated rings. The summed E-state index contributed by atoms with van der Waals surface area (Å²) >= 11 is 0. The number of nitrogens with two attached hydrogens (primary N) is 1. The van der Waals surface area contributed by atoms with Crippen LogP contribution in [0.25, 0.3) is 0 Å². The molecule has 0 heterocycles. The summed E-state index contributed by atoms with van der Waals surface area (Å²) in [4.78, 5) is 11.8. The maximum atomic E-state index is 11.8. The number of carbonyl (C=O) groups excluding carboxylic acids is 1. The van der Waals surface area contributed by atoms with E-state index in [1.54, 1.807) is 0 Å². The van der Waals surface area contributed by atoms with E-state index < -0.39 is 5.41 Å². The lowest BCUT2D eigenvalue weighted by Gasteiger charge is -2.30. The second kappa shape index (κ2) is 4.94. The first-order valence-corrected chi connectivity index (χ1v) is 5.65. The third-order valence-electron chi connectivity index (χ3n) is 3.11. The molecule has 15 heavy (non-hydrogen) atoms. The summed E-state index contributed by atoms with van der Waals surface area (Å²) in [5, 5.41) is 12.4. The van der Waals surface area contributed by atoms with Gasteiger partial charge in [-0.2, -0.15) is 0 Å². The van der Waals surface area contributed by atoms with E-state index in [9.17, 15) is 9.90 Å². The molecule has 2 unspecified atom stereocenters. The smallest absolute Gasteiger partial charge is 0.227 e. The van der Waals surface area contributed by atoms with Crippen molar-refractivity contribution in [3.8, 4) is 0 Å². The summed E-state index contributed by atoms with van der Waals surface area (Å²) in [7, 11) is 0. The van der Waals surface area contributed by atoms with Crippen LogP contribution in [0.5, 0.6) is 0 Å². The normalized spacial score (nSPS) is 27.5. The zero-order valence-corrected chi connectivity index (χ0v) is 9.62. The third-order valence-corrected chi connectivity index (χ3v) is 3.11. The minimum atomic E-state index is -0.512. The van der Waals surface area contributed by atoms with Crippen LogP contribution in [0.2, 0.25) is 0 Å². The highest BCUT2D eigenvalue weighted by Gasteiger charge is 2.29. The van der Waals surface area contributed by atoms with Gasteiger partial charge in [0.1, 0.15) is 0 Å². The summed E-state index contributed by atoms with van der Waals surface area (Å²) < 4.78 is 0. The monoisotopic (exact) mass is 214 g/mol. The summed E-state index contributed by atoms with van der Waals surface area (Å²) in [6, 6.07) is 0.118. The first-order valence-electron chi connectivity index (χ1n) is 5.65. The van der Waals surface area contributed by atoms with Crippen molar-refractivity contribution in [1.29, 1.82) is 0 Å². The van der Waals surface area contributed by atoms with E-state index in [2.05, 4.69) is 5.32 Å². The number of carbonyl (C=O) groups is 1. The lowest BCUT2D eigenvalue weighted by atomic mass is 9.89. The van der Waals surface area contributed by atoms with Crippen molar-refractivity contribution in [2.45, 2.75) is 51.7 Å². The van der Waals surface area contributed by atoms with Crippen molar-refractivity contribution in [2.75, 3.05) is 6.54 Å².